The molecular formula is C29H32Cl3N3O5S. The van der Waals surface area contributed by atoms with Gasteiger partial charge in [0.25, 0.3) is 10.0 Å². The number of nitrogens with one attached hydrogen (secondary N) is 1. The molecule has 0 aliphatic rings. The zero-order valence-corrected chi connectivity index (χ0v) is 26.4. The van der Waals surface area contributed by atoms with E-state index in [-0.39, 0.29) is 17.1 Å². The number of hydrogen-bond donors (Lipinski definition) is 1. The summed E-state index contributed by atoms with van der Waals surface area (Å²) in [5, 5.41) is 3.99. The summed E-state index contributed by atoms with van der Waals surface area (Å²) in [6, 6.07) is 15.7. The highest BCUT2D eigenvalue weighted by Crippen LogP contribution is 2.28. The summed E-state index contributed by atoms with van der Waals surface area (Å²) < 4.78 is 33.9. The van der Waals surface area contributed by atoms with Crippen molar-refractivity contribution in [2.75, 3.05) is 18.0 Å². The molecular weight excluding hydrogens is 609 g/mol. The average Bonchev–Trinajstić information content (AvgIpc) is 2.90. The topological polar surface area (TPSA) is 96.0 Å². The smallest absolute Gasteiger partial charge is 0.264 e. The van der Waals surface area contributed by atoms with E-state index in [2.05, 4.69) is 5.32 Å². The minimum atomic E-state index is -4.24. The van der Waals surface area contributed by atoms with Gasteiger partial charge in [-0.2, -0.15) is 0 Å². The third kappa shape index (κ3) is 8.52. The Hall–Kier alpha value is -2.98. The molecule has 0 bridgehead atoms. The van der Waals surface area contributed by atoms with Gasteiger partial charge >= 0.3 is 0 Å². The van der Waals surface area contributed by atoms with Crippen LogP contribution in [0.5, 0.6) is 5.75 Å². The van der Waals surface area contributed by atoms with E-state index in [1.807, 2.05) is 20.8 Å². The molecule has 1 atom stereocenters. The Morgan fingerprint density at radius 3 is 2.05 bits per heavy atom. The van der Waals surface area contributed by atoms with Gasteiger partial charge in [-0.1, -0.05) is 40.9 Å². The van der Waals surface area contributed by atoms with Crippen LogP contribution >= 0.6 is 34.8 Å². The van der Waals surface area contributed by atoms with Crippen molar-refractivity contribution in [1.29, 1.82) is 0 Å². The molecule has 0 unspecified atom stereocenters. The zero-order valence-electron chi connectivity index (χ0n) is 23.3. The molecule has 3 rings (SSSR count). The molecule has 0 fully saturated rings. The first-order chi connectivity index (χ1) is 19.1. The largest absolute Gasteiger partial charge is 0.497 e. The summed E-state index contributed by atoms with van der Waals surface area (Å²) in [4.78, 5) is 28.4. The molecule has 1 N–H and O–H groups in total. The Labute approximate surface area is 256 Å². The predicted octanol–water partition coefficient (Wildman–Crippen LogP) is 6.18. The van der Waals surface area contributed by atoms with Crippen molar-refractivity contribution < 1.29 is 22.7 Å². The van der Waals surface area contributed by atoms with Gasteiger partial charge in [-0.25, -0.2) is 8.42 Å². The summed E-state index contributed by atoms with van der Waals surface area (Å²) in [7, 11) is -2.77. The number of nitrogens with zero attached hydrogens (tertiary/aromatic N) is 2. The molecule has 0 radical (unpaired) electrons. The van der Waals surface area contributed by atoms with Gasteiger partial charge < -0.3 is 15.0 Å². The van der Waals surface area contributed by atoms with E-state index in [4.69, 9.17) is 39.5 Å². The van der Waals surface area contributed by atoms with Crippen LogP contribution in [0.1, 0.15) is 33.3 Å². The molecule has 0 heterocycles. The van der Waals surface area contributed by atoms with Crippen LogP contribution in [0.3, 0.4) is 0 Å². The second-order valence-electron chi connectivity index (χ2n) is 10.3. The molecule has 0 spiro atoms. The normalized spacial score (nSPS) is 12.4. The number of methoxy groups -OCH3 is 1. The number of carbonyl (C=O) groups excluding carboxylic acids is 2. The highest BCUT2D eigenvalue weighted by Gasteiger charge is 2.33. The first kappa shape index (κ1) is 32.5. The van der Waals surface area contributed by atoms with E-state index >= 15 is 0 Å². The minimum Gasteiger partial charge on any atom is -0.497 e. The van der Waals surface area contributed by atoms with E-state index in [1.165, 1.54) is 66.6 Å². The molecule has 0 saturated heterocycles. The SMILES string of the molecule is COc1ccc(S(=O)(=O)N(CC(=O)N(Cc2ccc(Cl)cc2Cl)[C@H](C)C(=O)NC(C)(C)C)c2ccc(Cl)cc2)cc1. The van der Waals surface area contributed by atoms with Gasteiger partial charge in [0.1, 0.15) is 18.3 Å². The fourth-order valence-corrected chi connectivity index (χ4v) is 5.91. The van der Waals surface area contributed by atoms with E-state index in [0.29, 0.717) is 26.4 Å². The molecule has 3 aromatic rings. The molecule has 0 aliphatic heterocycles. The fourth-order valence-electron chi connectivity index (χ4n) is 3.90. The first-order valence-electron chi connectivity index (χ1n) is 12.6. The van der Waals surface area contributed by atoms with Crippen molar-refractivity contribution >= 4 is 62.3 Å². The average molecular weight is 641 g/mol. The molecule has 0 aromatic heterocycles. The number of halogens is 3. The van der Waals surface area contributed by atoms with Crippen molar-refractivity contribution in [3.8, 4) is 5.75 Å². The number of benzene rings is 3. The van der Waals surface area contributed by atoms with E-state index in [9.17, 15) is 18.0 Å². The number of amides is 2. The zero-order chi connectivity index (χ0) is 30.5. The number of rotatable bonds is 10. The van der Waals surface area contributed by atoms with Crippen LogP contribution in [-0.2, 0) is 26.2 Å². The van der Waals surface area contributed by atoms with Crippen LogP contribution in [0.15, 0.2) is 71.6 Å². The maximum atomic E-state index is 14.0. The van der Waals surface area contributed by atoms with Gasteiger partial charge in [-0.05, 0) is 93.9 Å². The lowest BCUT2D eigenvalue weighted by molar-refractivity contribution is -0.140. The Morgan fingerprint density at radius 2 is 1.51 bits per heavy atom. The summed E-state index contributed by atoms with van der Waals surface area (Å²) in [6.07, 6.45) is 0. The highest BCUT2D eigenvalue weighted by molar-refractivity contribution is 7.92. The highest BCUT2D eigenvalue weighted by atomic mass is 35.5. The summed E-state index contributed by atoms with van der Waals surface area (Å²) in [5.41, 5.74) is 0.191. The molecule has 0 aliphatic carbocycles. The van der Waals surface area contributed by atoms with E-state index in [1.54, 1.807) is 19.1 Å². The molecule has 8 nitrogen and oxygen atoms in total. The van der Waals surface area contributed by atoms with Gasteiger partial charge in [0.2, 0.25) is 11.8 Å². The standard InChI is InChI=1S/C29H32Cl3N3O5S/c1-19(28(37)33-29(2,3)4)34(17-20-6-7-22(31)16-26(20)32)27(36)18-35(23-10-8-21(30)9-11-23)41(38,39)25-14-12-24(40-5)13-15-25/h6-16,19H,17-18H2,1-5H3,(H,33,37)/t19-/m1/s1. The number of carbonyl (C=O) groups is 2. The Balaban J connectivity index is 2.05. The summed E-state index contributed by atoms with van der Waals surface area (Å²) in [5.74, 6) is -0.561. The monoisotopic (exact) mass is 639 g/mol. The van der Waals surface area contributed by atoms with Gasteiger partial charge in [-0.15, -0.1) is 0 Å². The lowest BCUT2D eigenvalue weighted by Gasteiger charge is -2.33. The molecule has 0 saturated carbocycles. The number of anilines is 1. The molecule has 2 amide bonds. The van der Waals surface area contributed by atoms with Crippen LogP contribution in [-0.4, -0.2) is 50.4 Å². The Morgan fingerprint density at radius 1 is 0.927 bits per heavy atom. The molecule has 41 heavy (non-hydrogen) atoms. The maximum absolute atomic E-state index is 14.0. The van der Waals surface area contributed by atoms with Crippen LogP contribution in [0.2, 0.25) is 15.1 Å². The Kier molecular flexibility index (Phi) is 10.6. The van der Waals surface area contributed by atoms with E-state index in [0.717, 1.165) is 4.31 Å². The van der Waals surface area contributed by atoms with Crippen LogP contribution in [0, 0.1) is 0 Å². The second kappa shape index (κ2) is 13.3. The van der Waals surface area contributed by atoms with Gasteiger partial charge in [0.05, 0.1) is 17.7 Å². The summed E-state index contributed by atoms with van der Waals surface area (Å²) >= 11 is 18.5. The minimum absolute atomic E-state index is 0.0492. The number of hydrogen-bond acceptors (Lipinski definition) is 5. The Bertz CT molecular complexity index is 1490. The molecule has 12 heteroatoms. The van der Waals surface area contributed by atoms with Gasteiger partial charge in [-0.3, -0.25) is 13.9 Å². The third-order valence-corrected chi connectivity index (χ3v) is 8.69. The lowest BCUT2D eigenvalue weighted by atomic mass is 10.1. The lowest BCUT2D eigenvalue weighted by Crippen LogP contribution is -2.54. The van der Waals surface area contributed by atoms with Crippen molar-refractivity contribution in [3.05, 3.63) is 87.4 Å². The molecule has 3 aromatic carbocycles. The quantitative estimate of drug-likeness (QED) is 0.286. The summed E-state index contributed by atoms with van der Waals surface area (Å²) in [6.45, 7) is 6.38. The third-order valence-electron chi connectivity index (χ3n) is 6.06. The second-order valence-corrected chi connectivity index (χ2v) is 13.5. The van der Waals surface area contributed by atoms with Crippen LogP contribution in [0.25, 0.3) is 0 Å². The van der Waals surface area contributed by atoms with Crippen molar-refractivity contribution in [2.45, 2.75) is 50.7 Å². The predicted molar refractivity (Wildman–Crippen MR) is 163 cm³/mol. The van der Waals surface area contributed by atoms with Crippen molar-refractivity contribution in [3.63, 3.8) is 0 Å². The van der Waals surface area contributed by atoms with Gasteiger partial charge in [0.15, 0.2) is 0 Å². The van der Waals surface area contributed by atoms with E-state index < -0.39 is 40.0 Å². The number of ether oxygens (including phenoxy) is 1. The number of sulfonamides is 1. The van der Waals surface area contributed by atoms with Crippen LogP contribution in [0.4, 0.5) is 5.69 Å². The fraction of sp³-hybridized carbons (Fsp3) is 0.310. The first-order valence-corrected chi connectivity index (χ1v) is 15.2. The van der Waals surface area contributed by atoms with Crippen molar-refractivity contribution in [2.24, 2.45) is 0 Å². The van der Waals surface area contributed by atoms with Crippen molar-refractivity contribution in [1.82, 2.24) is 10.2 Å². The van der Waals surface area contributed by atoms with Gasteiger partial charge in [0, 0.05) is 27.2 Å². The van der Waals surface area contributed by atoms with Crippen LogP contribution < -0.4 is 14.4 Å². The maximum Gasteiger partial charge on any atom is 0.264 e. The molecule has 220 valence electrons.